The number of H-pyrrole nitrogens is 1. The fourth-order valence-corrected chi connectivity index (χ4v) is 4.28. The van der Waals surface area contributed by atoms with E-state index >= 15 is 0 Å². The van der Waals surface area contributed by atoms with Crippen LogP contribution in [0.5, 0.6) is 11.5 Å². The highest BCUT2D eigenvalue weighted by Crippen LogP contribution is 2.34. The van der Waals surface area contributed by atoms with Crippen LogP contribution in [0.3, 0.4) is 0 Å². The zero-order chi connectivity index (χ0) is 24.8. The van der Waals surface area contributed by atoms with E-state index in [1.165, 1.54) is 0 Å². The zero-order valence-corrected chi connectivity index (χ0v) is 20.6. The molecule has 0 fully saturated rings. The van der Waals surface area contributed by atoms with Gasteiger partial charge in [0.15, 0.2) is 11.5 Å². The number of halogens is 1. The molecule has 0 aliphatic carbocycles. The molecule has 1 atom stereocenters. The minimum atomic E-state index is -0.922. The van der Waals surface area contributed by atoms with E-state index in [0.29, 0.717) is 36.2 Å². The molecule has 3 N–H and O–H groups in total. The number of rotatable bonds is 11. The summed E-state index contributed by atoms with van der Waals surface area (Å²) in [5, 5.41) is 14.5. The number of aryl methyl sites for hydroxylation is 1. The van der Waals surface area contributed by atoms with E-state index in [1.807, 2.05) is 68.6 Å². The van der Waals surface area contributed by atoms with Crippen molar-refractivity contribution in [3.63, 3.8) is 0 Å². The second-order valence-electron chi connectivity index (χ2n) is 8.44. The third-order valence-corrected chi connectivity index (χ3v) is 6.18. The van der Waals surface area contributed by atoms with Crippen LogP contribution in [0.25, 0.3) is 10.9 Å². The van der Waals surface area contributed by atoms with Crippen molar-refractivity contribution >= 4 is 28.5 Å². The van der Waals surface area contributed by atoms with Crippen molar-refractivity contribution in [2.45, 2.75) is 39.5 Å². The number of fused-ring (bicyclic) bond motifs is 1. The first-order valence-electron chi connectivity index (χ1n) is 11.6. The van der Waals surface area contributed by atoms with Gasteiger partial charge in [-0.15, -0.1) is 0 Å². The van der Waals surface area contributed by atoms with E-state index in [2.05, 4.69) is 16.4 Å². The smallest absolute Gasteiger partial charge is 0.321 e. The number of hydrogen-bond acceptors (Lipinski definition) is 4. The van der Waals surface area contributed by atoms with Gasteiger partial charge in [-0.1, -0.05) is 59.6 Å². The van der Waals surface area contributed by atoms with Gasteiger partial charge in [0.05, 0.1) is 6.61 Å². The van der Waals surface area contributed by atoms with Gasteiger partial charge >= 0.3 is 5.97 Å². The topological polar surface area (TPSA) is 83.6 Å². The molecular weight excluding hydrogens is 464 g/mol. The highest BCUT2D eigenvalue weighted by atomic mass is 35.5. The summed E-state index contributed by atoms with van der Waals surface area (Å²) in [7, 11) is 0. The number of benzene rings is 3. The lowest BCUT2D eigenvalue weighted by molar-refractivity contribution is -0.139. The average Bonchev–Trinajstić information content (AvgIpc) is 3.25. The van der Waals surface area contributed by atoms with E-state index in [-0.39, 0.29) is 6.54 Å². The summed E-state index contributed by atoms with van der Waals surface area (Å²) in [5.74, 6) is 0.204. The number of ether oxygens (including phenoxy) is 2. The number of aromatic nitrogens is 1. The van der Waals surface area contributed by atoms with Gasteiger partial charge in [0.1, 0.15) is 12.6 Å². The van der Waals surface area contributed by atoms with Gasteiger partial charge < -0.3 is 19.6 Å². The third kappa shape index (κ3) is 6.15. The molecule has 7 heteroatoms. The molecule has 4 rings (SSSR count). The second kappa shape index (κ2) is 11.3. The van der Waals surface area contributed by atoms with Gasteiger partial charge in [0, 0.05) is 41.2 Å². The molecule has 3 aromatic carbocycles. The molecule has 0 aliphatic heterocycles. The lowest BCUT2D eigenvalue weighted by Gasteiger charge is -2.18. The van der Waals surface area contributed by atoms with Crippen molar-refractivity contribution < 1.29 is 19.4 Å². The molecule has 0 amide bonds. The number of carbonyl (C=O) groups is 1. The summed E-state index contributed by atoms with van der Waals surface area (Å²) in [6.45, 7) is 5.07. The lowest BCUT2D eigenvalue weighted by atomic mass is 10.0. The maximum Gasteiger partial charge on any atom is 0.321 e. The van der Waals surface area contributed by atoms with Gasteiger partial charge in [-0.25, -0.2) is 0 Å². The Kier molecular flexibility index (Phi) is 7.95. The molecule has 0 radical (unpaired) electrons. The van der Waals surface area contributed by atoms with Crippen LogP contribution in [0.4, 0.5) is 0 Å². The SMILES string of the molecule is CCOc1cc(CNC(Cc2c[nH]c3ccccc23)C(=O)O)c(Cl)cc1OCc1cccc(C)c1. The average molecular weight is 493 g/mol. The molecule has 0 saturated carbocycles. The second-order valence-corrected chi connectivity index (χ2v) is 8.84. The molecule has 4 aromatic rings. The monoisotopic (exact) mass is 492 g/mol. The van der Waals surface area contributed by atoms with E-state index in [0.717, 1.165) is 33.2 Å². The Bertz CT molecular complexity index is 1320. The summed E-state index contributed by atoms with van der Waals surface area (Å²) in [6, 6.07) is 18.7. The summed E-state index contributed by atoms with van der Waals surface area (Å²) < 4.78 is 11.8. The van der Waals surface area contributed by atoms with E-state index in [4.69, 9.17) is 21.1 Å². The van der Waals surface area contributed by atoms with Crippen LogP contribution in [0.2, 0.25) is 5.02 Å². The fraction of sp³-hybridized carbons (Fsp3) is 0.250. The Labute approximate surface area is 209 Å². The van der Waals surface area contributed by atoms with Gasteiger partial charge in [-0.05, 0) is 42.7 Å². The fourth-order valence-electron chi connectivity index (χ4n) is 4.06. The number of carboxylic acids is 1. The summed E-state index contributed by atoms with van der Waals surface area (Å²) in [4.78, 5) is 15.2. The molecule has 1 heterocycles. The Balaban J connectivity index is 1.48. The van der Waals surface area contributed by atoms with Crippen LogP contribution in [0.1, 0.15) is 29.2 Å². The van der Waals surface area contributed by atoms with Gasteiger partial charge in [-0.2, -0.15) is 0 Å². The first-order chi connectivity index (χ1) is 16.9. The Morgan fingerprint density at radius 1 is 1.06 bits per heavy atom. The van der Waals surface area contributed by atoms with E-state index < -0.39 is 12.0 Å². The van der Waals surface area contributed by atoms with Gasteiger partial charge in [0.25, 0.3) is 0 Å². The van der Waals surface area contributed by atoms with Crippen molar-refractivity contribution in [1.29, 1.82) is 0 Å². The molecule has 1 aromatic heterocycles. The Morgan fingerprint density at radius 3 is 2.63 bits per heavy atom. The number of hydrogen-bond donors (Lipinski definition) is 3. The minimum Gasteiger partial charge on any atom is -0.490 e. The van der Waals surface area contributed by atoms with Crippen molar-refractivity contribution in [2.75, 3.05) is 6.61 Å². The van der Waals surface area contributed by atoms with Gasteiger partial charge in [0.2, 0.25) is 0 Å². The van der Waals surface area contributed by atoms with Crippen molar-refractivity contribution in [3.05, 3.63) is 94.1 Å². The van der Waals surface area contributed by atoms with Gasteiger partial charge in [-0.3, -0.25) is 10.1 Å². The predicted molar refractivity (Wildman–Crippen MR) is 138 cm³/mol. The first kappa shape index (κ1) is 24.6. The van der Waals surface area contributed by atoms with Crippen molar-refractivity contribution in [3.8, 4) is 11.5 Å². The van der Waals surface area contributed by atoms with Crippen LogP contribution >= 0.6 is 11.6 Å². The molecule has 0 spiro atoms. The van der Waals surface area contributed by atoms with E-state index in [1.54, 1.807) is 6.07 Å². The highest BCUT2D eigenvalue weighted by Gasteiger charge is 2.20. The Hall–Kier alpha value is -3.48. The summed E-state index contributed by atoms with van der Waals surface area (Å²) in [6.07, 6.45) is 2.20. The number of aromatic amines is 1. The number of carboxylic acid groups (broad SMARTS) is 1. The standard InChI is InChI=1S/C28H29ClN2O4/c1-3-34-26-13-21(23(29)14-27(26)35-17-19-8-6-7-18(2)11-19)16-31-25(28(32)33)12-20-15-30-24-10-5-4-9-22(20)24/h4-11,13-15,25,30-31H,3,12,16-17H2,1-2H3,(H,32,33). The number of aliphatic carboxylic acids is 1. The van der Waals surface area contributed by atoms with Crippen LogP contribution in [-0.2, 0) is 24.4 Å². The van der Waals surface area contributed by atoms with Crippen molar-refractivity contribution in [1.82, 2.24) is 10.3 Å². The number of para-hydroxylation sites is 1. The van der Waals surface area contributed by atoms with Crippen LogP contribution in [-0.4, -0.2) is 28.7 Å². The zero-order valence-electron chi connectivity index (χ0n) is 19.8. The highest BCUT2D eigenvalue weighted by molar-refractivity contribution is 6.31. The molecule has 35 heavy (non-hydrogen) atoms. The first-order valence-corrected chi connectivity index (χ1v) is 12.0. The third-order valence-electron chi connectivity index (χ3n) is 5.83. The Morgan fingerprint density at radius 2 is 1.86 bits per heavy atom. The molecular formula is C28H29ClN2O4. The van der Waals surface area contributed by atoms with Crippen LogP contribution in [0.15, 0.2) is 66.9 Å². The molecule has 0 bridgehead atoms. The molecule has 0 saturated heterocycles. The largest absolute Gasteiger partial charge is 0.490 e. The maximum atomic E-state index is 12.0. The normalized spacial score (nSPS) is 12.0. The molecule has 182 valence electrons. The minimum absolute atomic E-state index is 0.274. The maximum absolute atomic E-state index is 12.0. The summed E-state index contributed by atoms with van der Waals surface area (Å²) in [5.41, 5.74) is 4.88. The summed E-state index contributed by atoms with van der Waals surface area (Å²) >= 11 is 6.56. The van der Waals surface area contributed by atoms with Crippen molar-refractivity contribution in [2.24, 2.45) is 0 Å². The van der Waals surface area contributed by atoms with Crippen LogP contribution < -0.4 is 14.8 Å². The molecule has 0 aliphatic rings. The van der Waals surface area contributed by atoms with Crippen LogP contribution in [0, 0.1) is 6.92 Å². The number of nitrogens with one attached hydrogen (secondary N) is 2. The lowest BCUT2D eigenvalue weighted by Crippen LogP contribution is -2.38. The molecule has 6 nitrogen and oxygen atoms in total. The van der Waals surface area contributed by atoms with E-state index in [9.17, 15) is 9.90 Å². The predicted octanol–water partition coefficient (Wildman–Crippen LogP) is 5.89. The molecule has 1 unspecified atom stereocenters. The quantitative estimate of drug-likeness (QED) is 0.243.